The molecule has 78 valence electrons. The highest BCUT2D eigenvalue weighted by Gasteiger charge is 1.94. The maximum atomic E-state index is 5.56. The van der Waals surface area contributed by atoms with E-state index in [-0.39, 0.29) is 0 Å². The number of nitrogens with one attached hydrogen (secondary N) is 1. The molecule has 1 N–H and O–H groups in total. The molecule has 0 fully saturated rings. The third-order valence-electron chi connectivity index (χ3n) is 2.07. The van der Waals surface area contributed by atoms with E-state index in [0.29, 0.717) is 0 Å². The van der Waals surface area contributed by atoms with Crippen LogP contribution >= 0.6 is 0 Å². The van der Waals surface area contributed by atoms with Crippen molar-refractivity contribution < 1.29 is 4.74 Å². The van der Waals surface area contributed by atoms with Crippen molar-refractivity contribution in [2.24, 2.45) is 0 Å². The van der Waals surface area contributed by atoms with E-state index in [9.17, 15) is 0 Å². The lowest BCUT2D eigenvalue weighted by molar-refractivity contribution is 0.309. The van der Waals surface area contributed by atoms with Crippen LogP contribution in [0.5, 0.6) is 5.75 Å². The maximum absolute atomic E-state index is 5.56. The summed E-state index contributed by atoms with van der Waals surface area (Å²) in [6.07, 6.45) is 2.30. The average Bonchev–Trinajstić information content (AvgIpc) is 2.21. The molecule has 0 heterocycles. The van der Waals surface area contributed by atoms with E-state index in [1.54, 1.807) is 0 Å². The molecule has 14 heavy (non-hydrogen) atoms. The van der Waals surface area contributed by atoms with Crippen molar-refractivity contribution in [2.75, 3.05) is 13.7 Å². The molecule has 1 rings (SSSR count). The number of hydrogen-bond acceptors (Lipinski definition) is 2. The van der Waals surface area contributed by atoms with Gasteiger partial charge < -0.3 is 10.1 Å². The van der Waals surface area contributed by atoms with Gasteiger partial charge in [0, 0.05) is 6.54 Å². The van der Waals surface area contributed by atoms with Crippen LogP contribution in [0.4, 0.5) is 0 Å². The second-order valence-corrected chi connectivity index (χ2v) is 3.38. The van der Waals surface area contributed by atoms with Gasteiger partial charge >= 0.3 is 0 Å². The maximum Gasteiger partial charge on any atom is 0.119 e. The molecule has 0 radical (unpaired) electrons. The Morgan fingerprint density at radius 2 is 1.93 bits per heavy atom. The number of ether oxygens (including phenoxy) is 1. The van der Waals surface area contributed by atoms with Gasteiger partial charge in [-0.3, -0.25) is 0 Å². The minimum Gasteiger partial charge on any atom is -0.494 e. The summed E-state index contributed by atoms with van der Waals surface area (Å²) in [5.74, 6) is 0.971. The van der Waals surface area contributed by atoms with Crippen LogP contribution in [0.1, 0.15) is 25.3 Å². The van der Waals surface area contributed by atoms with Crippen LogP contribution in [0.15, 0.2) is 24.3 Å². The van der Waals surface area contributed by atoms with E-state index in [1.165, 1.54) is 12.0 Å². The number of unbranched alkanes of at least 4 members (excludes halogenated alkanes) is 1. The molecule has 1 aromatic carbocycles. The second-order valence-electron chi connectivity index (χ2n) is 3.38. The fraction of sp³-hybridized carbons (Fsp3) is 0.500. The van der Waals surface area contributed by atoms with Gasteiger partial charge in [-0.2, -0.15) is 0 Å². The number of rotatable bonds is 6. The van der Waals surface area contributed by atoms with Crippen molar-refractivity contribution in [2.45, 2.75) is 26.3 Å². The first-order valence-electron chi connectivity index (χ1n) is 5.23. The minimum absolute atomic E-state index is 0.821. The van der Waals surface area contributed by atoms with E-state index in [2.05, 4.69) is 24.4 Å². The Morgan fingerprint density at radius 3 is 2.50 bits per heavy atom. The standard InChI is InChI=1S/C12H19NO/c1-3-4-9-14-12-7-5-11(6-8-12)10-13-2/h5-8,13H,3-4,9-10H2,1-2H3. The molecule has 0 aliphatic carbocycles. The van der Waals surface area contributed by atoms with Gasteiger partial charge in [0.15, 0.2) is 0 Å². The fourth-order valence-electron chi connectivity index (χ4n) is 1.24. The Morgan fingerprint density at radius 1 is 1.21 bits per heavy atom. The van der Waals surface area contributed by atoms with Crippen LogP contribution in [-0.4, -0.2) is 13.7 Å². The summed E-state index contributed by atoms with van der Waals surface area (Å²) in [6, 6.07) is 8.25. The summed E-state index contributed by atoms with van der Waals surface area (Å²) in [6.45, 7) is 3.90. The molecule has 1 aromatic rings. The first-order valence-corrected chi connectivity index (χ1v) is 5.23. The topological polar surface area (TPSA) is 21.3 Å². The molecule has 0 saturated heterocycles. The minimum atomic E-state index is 0.821. The molecule has 2 nitrogen and oxygen atoms in total. The zero-order chi connectivity index (χ0) is 10.2. The van der Waals surface area contributed by atoms with Gasteiger partial charge in [0.1, 0.15) is 5.75 Å². The Labute approximate surface area is 86.3 Å². The van der Waals surface area contributed by atoms with Crippen LogP contribution in [0.2, 0.25) is 0 Å². The molecule has 2 heteroatoms. The molecule has 0 bridgehead atoms. The van der Waals surface area contributed by atoms with Crippen LogP contribution in [0, 0.1) is 0 Å². The predicted octanol–water partition coefficient (Wildman–Crippen LogP) is 2.58. The van der Waals surface area contributed by atoms with Crippen LogP contribution in [0.25, 0.3) is 0 Å². The van der Waals surface area contributed by atoms with E-state index >= 15 is 0 Å². The van der Waals surface area contributed by atoms with Gasteiger partial charge in [0.25, 0.3) is 0 Å². The van der Waals surface area contributed by atoms with Gasteiger partial charge in [0.2, 0.25) is 0 Å². The summed E-state index contributed by atoms with van der Waals surface area (Å²) in [4.78, 5) is 0. The normalized spacial score (nSPS) is 10.1. The average molecular weight is 193 g/mol. The second kappa shape index (κ2) is 6.44. The van der Waals surface area contributed by atoms with Crippen LogP contribution in [-0.2, 0) is 6.54 Å². The van der Waals surface area contributed by atoms with E-state index in [1.807, 2.05) is 19.2 Å². The zero-order valence-corrected chi connectivity index (χ0v) is 9.05. The lowest BCUT2D eigenvalue weighted by Crippen LogP contribution is -2.04. The van der Waals surface area contributed by atoms with Crippen LogP contribution in [0.3, 0.4) is 0 Å². The van der Waals surface area contributed by atoms with Gasteiger partial charge in [-0.1, -0.05) is 25.5 Å². The number of hydrogen-bond donors (Lipinski definition) is 1. The highest BCUT2D eigenvalue weighted by molar-refractivity contribution is 5.27. The SMILES string of the molecule is CCCCOc1ccc(CNC)cc1. The monoisotopic (exact) mass is 193 g/mol. The van der Waals surface area contributed by atoms with Crippen molar-refractivity contribution >= 4 is 0 Å². The summed E-state index contributed by atoms with van der Waals surface area (Å²) in [5.41, 5.74) is 1.29. The highest BCUT2D eigenvalue weighted by Crippen LogP contribution is 2.12. The lowest BCUT2D eigenvalue weighted by Gasteiger charge is -2.06. The Balaban J connectivity index is 2.38. The molecule has 0 saturated carbocycles. The molecule has 0 atom stereocenters. The fourth-order valence-corrected chi connectivity index (χ4v) is 1.24. The van der Waals surface area contributed by atoms with Crippen molar-refractivity contribution in [1.29, 1.82) is 0 Å². The van der Waals surface area contributed by atoms with Crippen molar-refractivity contribution in [3.8, 4) is 5.75 Å². The molecule has 0 aliphatic heterocycles. The van der Waals surface area contributed by atoms with E-state index < -0.39 is 0 Å². The third-order valence-corrected chi connectivity index (χ3v) is 2.07. The third kappa shape index (κ3) is 3.79. The smallest absolute Gasteiger partial charge is 0.119 e. The zero-order valence-electron chi connectivity index (χ0n) is 9.05. The molecular weight excluding hydrogens is 174 g/mol. The summed E-state index contributed by atoms with van der Waals surface area (Å²) in [7, 11) is 1.95. The molecule has 0 unspecified atom stereocenters. The Hall–Kier alpha value is -1.02. The van der Waals surface area contributed by atoms with Crippen molar-refractivity contribution in [1.82, 2.24) is 5.32 Å². The molecule has 0 aliphatic rings. The highest BCUT2D eigenvalue weighted by atomic mass is 16.5. The summed E-state index contributed by atoms with van der Waals surface area (Å²) >= 11 is 0. The van der Waals surface area contributed by atoms with Gasteiger partial charge in [-0.05, 0) is 31.2 Å². The predicted molar refractivity (Wildman–Crippen MR) is 59.6 cm³/mol. The molecule has 0 aromatic heterocycles. The summed E-state index contributed by atoms with van der Waals surface area (Å²) in [5, 5.41) is 3.11. The van der Waals surface area contributed by atoms with E-state index in [4.69, 9.17) is 4.74 Å². The van der Waals surface area contributed by atoms with E-state index in [0.717, 1.165) is 25.3 Å². The van der Waals surface area contributed by atoms with Crippen molar-refractivity contribution in [3.05, 3.63) is 29.8 Å². The Kier molecular flexibility index (Phi) is 5.08. The van der Waals surface area contributed by atoms with Crippen LogP contribution < -0.4 is 10.1 Å². The summed E-state index contributed by atoms with van der Waals surface area (Å²) < 4.78 is 5.56. The van der Waals surface area contributed by atoms with Gasteiger partial charge in [-0.25, -0.2) is 0 Å². The largest absolute Gasteiger partial charge is 0.494 e. The molecule has 0 amide bonds. The Bertz CT molecular complexity index is 243. The quantitative estimate of drug-likeness (QED) is 0.701. The molecular formula is C12H19NO. The van der Waals surface area contributed by atoms with Gasteiger partial charge in [0.05, 0.1) is 6.61 Å². The van der Waals surface area contributed by atoms with Gasteiger partial charge in [-0.15, -0.1) is 0 Å². The molecule has 0 spiro atoms. The first kappa shape index (κ1) is 11.1. The van der Waals surface area contributed by atoms with Crippen molar-refractivity contribution in [3.63, 3.8) is 0 Å². The number of benzene rings is 1. The first-order chi connectivity index (χ1) is 6.86. The lowest BCUT2D eigenvalue weighted by atomic mass is 10.2.